The molecule has 0 saturated carbocycles. The number of hydrogen-bond acceptors (Lipinski definition) is 4. The standard InChI is InChI=1S/C13H12I3NO4.Na/c1-6(13(19)20)10-7(14)4-8(15)12(11(10)16)17-2-3-21-5-9(17)18;/h4,6H,2-3,5H2,1H3,(H,19,20);/q;+1/p-1. The molecule has 5 nitrogen and oxygen atoms in total. The van der Waals surface area contributed by atoms with Crippen molar-refractivity contribution in [3.8, 4) is 0 Å². The number of morpholine rings is 1. The van der Waals surface area contributed by atoms with Crippen LogP contribution in [0.3, 0.4) is 0 Å². The molecular weight excluding hydrogens is 638 g/mol. The van der Waals surface area contributed by atoms with Gasteiger partial charge in [0.1, 0.15) is 6.61 Å². The molecule has 0 aliphatic carbocycles. The Morgan fingerprint density at radius 3 is 2.55 bits per heavy atom. The Morgan fingerprint density at radius 2 is 2.00 bits per heavy atom. The predicted molar refractivity (Wildman–Crippen MR) is 101 cm³/mol. The van der Waals surface area contributed by atoms with E-state index in [-0.39, 0.29) is 42.1 Å². The molecule has 9 heteroatoms. The third-order valence-corrected chi connectivity index (χ3v) is 6.03. The summed E-state index contributed by atoms with van der Waals surface area (Å²) < 4.78 is 7.72. The number of carbonyl (C=O) groups excluding carboxylic acids is 2. The summed E-state index contributed by atoms with van der Waals surface area (Å²) in [6.07, 6.45) is 0. The number of rotatable bonds is 3. The Labute approximate surface area is 191 Å². The van der Waals surface area contributed by atoms with Gasteiger partial charge in [0.15, 0.2) is 0 Å². The molecule has 1 amide bonds. The molecule has 0 spiro atoms. The van der Waals surface area contributed by atoms with E-state index in [1.807, 2.05) is 6.07 Å². The number of anilines is 1. The monoisotopic (exact) mass is 649 g/mol. The molecule has 0 N–H and O–H groups in total. The van der Waals surface area contributed by atoms with Gasteiger partial charge in [0.25, 0.3) is 5.91 Å². The molecule has 1 saturated heterocycles. The maximum atomic E-state index is 12.1. The zero-order valence-corrected chi connectivity index (χ0v) is 20.5. The third-order valence-electron chi connectivity index (χ3n) is 3.22. The average Bonchev–Trinajstić information content (AvgIpc) is 2.40. The first-order chi connectivity index (χ1) is 9.84. The number of benzene rings is 1. The summed E-state index contributed by atoms with van der Waals surface area (Å²) in [4.78, 5) is 25.0. The number of carboxylic acid groups (broad SMARTS) is 1. The van der Waals surface area contributed by atoms with E-state index < -0.39 is 11.9 Å². The van der Waals surface area contributed by atoms with Crippen LogP contribution in [0.5, 0.6) is 0 Å². The van der Waals surface area contributed by atoms with E-state index in [9.17, 15) is 14.7 Å². The van der Waals surface area contributed by atoms with Crippen molar-refractivity contribution in [2.45, 2.75) is 12.8 Å². The molecule has 0 aromatic heterocycles. The zero-order valence-electron chi connectivity index (χ0n) is 12.0. The van der Waals surface area contributed by atoms with E-state index >= 15 is 0 Å². The first-order valence-corrected chi connectivity index (χ1v) is 9.34. The van der Waals surface area contributed by atoms with Crippen molar-refractivity contribution in [1.29, 1.82) is 0 Å². The van der Waals surface area contributed by atoms with Crippen LogP contribution >= 0.6 is 67.8 Å². The van der Waals surface area contributed by atoms with Gasteiger partial charge in [-0.15, -0.1) is 0 Å². The molecule has 0 bridgehead atoms. The van der Waals surface area contributed by atoms with Crippen molar-refractivity contribution in [1.82, 2.24) is 0 Å². The molecule has 1 fully saturated rings. The molecule has 2 rings (SSSR count). The second-order valence-corrected chi connectivity index (χ2v) is 7.96. The Hall–Kier alpha value is 1.31. The van der Waals surface area contributed by atoms with Gasteiger partial charge >= 0.3 is 29.6 Å². The molecule has 1 atom stereocenters. The Balaban J connectivity index is 0.00000242. The van der Waals surface area contributed by atoms with E-state index in [0.717, 1.165) is 16.4 Å². The minimum absolute atomic E-state index is 0. The van der Waals surface area contributed by atoms with Crippen LogP contribution in [0.25, 0.3) is 0 Å². The summed E-state index contributed by atoms with van der Waals surface area (Å²) in [6.45, 7) is 2.62. The number of carbonyl (C=O) groups is 2. The van der Waals surface area contributed by atoms with Crippen molar-refractivity contribution in [3.05, 3.63) is 22.3 Å². The van der Waals surface area contributed by atoms with Crippen molar-refractivity contribution >= 4 is 85.3 Å². The number of nitrogens with zero attached hydrogens (tertiary/aromatic N) is 1. The van der Waals surface area contributed by atoms with Crippen LogP contribution in [0.2, 0.25) is 0 Å². The smallest absolute Gasteiger partial charge is 0.550 e. The third kappa shape index (κ3) is 4.48. The topological polar surface area (TPSA) is 69.7 Å². The van der Waals surface area contributed by atoms with E-state index in [2.05, 4.69) is 67.8 Å². The molecule has 1 aromatic rings. The van der Waals surface area contributed by atoms with Gasteiger partial charge in [0.2, 0.25) is 0 Å². The molecular formula is C13H11I3NNaO4. The molecule has 1 aliphatic rings. The molecule has 1 unspecified atom stereocenters. The second kappa shape index (κ2) is 9.13. The zero-order chi connectivity index (χ0) is 15.7. The maximum absolute atomic E-state index is 12.1. The van der Waals surface area contributed by atoms with Gasteiger partial charge in [0.05, 0.1) is 12.3 Å². The van der Waals surface area contributed by atoms with E-state index in [1.165, 1.54) is 0 Å². The number of amides is 1. The van der Waals surface area contributed by atoms with Crippen LogP contribution in [0.1, 0.15) is 18.4 Å². The van der Waals surface area contributed by atoms with Crippen LogP contribution < -0.4 is 39.6 Å². The van der Waals surface area contributed by atoms with Crippen LogP contribution in [0.4, 0.5) is 5.69 Å². The second-order valence-electron chi connectivity index (χ2n) is 4.56. The summed E-state index contributed by atoms with van der Waals surface area (Å²) in [5, 5.41) is 11.2. The van der Waals surface area contributed by atoms with Gasteiger partial charge < -0.3 is 19.5 Å². The quantitative estimate of drug-likeness (QED) is 0.303. The van der Waals surface area contributed by atoms with Gasteiger partial charge in [-0.1, -0.05) is 6.92 Å². The van der Waals surface area contributed by atoms with Gasteiger partial charge in [-0.05, 0) is 79.4 Å². The van der Waals surface area contributed by atoms with E-state index in [1.54, 1.807) is 11.8 Å². The summed E-state index contributed by atoms with van der Waals surface area (Å²) in [5.41, 5.74) is 1.47. The summed E-state index contributed by atoms with van der Waals surface area (Å²) in [6, 6.07) is 1.90. The minimum atomic E-state index is -1.12. The fourth-order valence-corrected chi connectivity index (χ4v) is 7.00. The van der Waals surface area contributed by atoms with Crippen LogP contribution in [0.15, 0.2) is 6.07 Å². The molecule has 22 heavy (non-hydrogen) atoms. The molecule has 1 heterocycles. The summed E-state index contributed by atoms with van der Waals surface area (Å²) >= 11 is 6.42. The molecule has 114 valence electrons. The van der Waals surface area contributed by atoms with Gasteiger partial charge in [0, 0.05) is 29.1 Å². The Kier molecular flexibility index (Phi) is 8.86. The summed E-state index contributed by atoms with van der Waals surface area (Å²) in [7, 11) is 0. The number of ether oxygens (including phenoxy) is 1. The van der Waals surface area contributed by atoms with Crippen molar-refractivity contribution in [3.63, 3.8) is 0 Å². The van der Waals surface area contributed by atoms with E-state index in [0.29, 0.717) is 18.7 Å². The van der Waals surface area contributed by atoms with Crippen molar-refractivity contribution in [2.75, 3.05) is 24.7 Å². The van der Waals surface area contributed by atoms with Crippen molar-refractivity contribution < 1.29 is 49.0 Å². The predicted octanol–water partition coefficient (Wildman–Crippen LogP) is -1.28. The summed E-state index contributed by atoms with van der Waals surface area (Å²) in [5.74, 6) is -1.95. The SMILES string of the molecule is CC(C(=O)[O-])c1c(I)cc(I)c(N2CCOCC2=O)c1I.[Na+]. The Morgan fingerprint density at radius 1 is 1.36 bits per heavy atom. The van der Waals surface area contributed by atoms with Crippen LogP contribution in [-0.4, -0.2) is 31.6 Å². The normalized spacial score (nSPS) is 16.2. The number of carboxylic acids is 1. The van der Waals surface area contributed by atoms with Gasteiger partial charge in [-0.3, -0.25) is 4.79 Å². The number of hydrogen-bond donors (Lipinski definition) is 0. The molecule has 1 aliphatic heterocycles. The largest absolute Gasteiger partial charge is 1.00 e. The fraction of sp³-hybridized carbons (Fsp3) is 0.385. The first kappa shape index (κ1) is 21.4. The van der Waals surface area contributed by atoms with Crippen LogP contribution in [-0.2, 0) is 14.3 Å². The Bertz CT molecular complexity index is 611. The number of halogens is 3. The molecule has 0 radical (unpaired) electrons. The minimum Gasteiger partial charge on any atom is -0.550 e. The maximum Gasteiger partial charge on any atom is 1.00 e. The number of aliphatic carboxylic acids is 1. The van der Waals surface area contributed by atoms with Crippen molar-refractivity contribution in [2.24, 2.45) is 0 Å². The fourth-order valence-electron chi connectivity index (χ4n) is 2.11. The van der Waals surface area contributed by atoms with Gasteiger partial charge in [-0.25, -0.2) is 0 Å². The average molecular weight is 649 g/mol. The van der Waals surface area contributed by atoms with Crippen LogP contribution in [0, 0.1) is 10.7 Å². The first-order valence-electron chi connectivity index (χ1n) is 6.11. The van der Waals surface area contributed by atoms with Gasteiger partial charge in [-0.2, -0.15) is 0 Å². The molecule has 1 aromatic carbocycles. The van der Waals surface area contributed by atoms with E-state index in [4.69, 9.17) is 4.74 Å².